The minimum absolute atomic E-state index is 0.00629. The number of ether oxygens (including phenoxy) is 5. The van der Waals surface area contributed by atoms with E-state index in [9.17, 15) is 24.0 Å². The summed E-state index contributed by atoms with van der Waals surface area (Å²) in [6.07, 6.45) is 11.3. The van der Waals surface area contributed by atoms with Gasteiger partial charge < -0.3 is 23.7 Å². The largest absolute Gasteiger partial charge is 0.464 e. The smallest absolute Gasteiger partial charge is 0.347 e. The number of hydrogen-bond donors (Lipinski definition) is 1. The van der Waals surface area contributed by atoms with Crippen LogP contribution in [0.2, 0.25) is 0 Å². The van der Waals surface area contributed by atoms with E-state index in [2.05, 4.69) is 0 Å². The molecule has 284 valence electrons. The highest BCUT2D eigenvalue weighted by molar-refractivity contribution is 14.2. The van der Waals surface area contributed by atoms with Gasteiger partial charge in [-0.05, 0) is 159 Å². The van der Waals surface area contributed by atoms with Gasteiger partial charge in [-0.25, -0.2) is 4.79 Å². The lowest BCUT2D eigenvalue weighted by atomic mass is 9.49. The summed E-state index contributed by atoms with van der Waals surface area (Å²) in [5.41, 5.74) is 3.35. The molecule has 0 amide bonds. The fourth-order valence-corrected chi connectivity index (χ4v) is 14.5. The minimum atomic E-state index is -1.14. The highest BCUT2D eigenvalue weighted by Gasteiger charge is 2.68. The van der Waals surface area contributed by atoms with Gasteiger partial charge in [0.1, 0.15) is 30.4 Å². The summed E-state index contributed by atoms with van der Waals surface area (Å²) in [5, 5.41) is 0. The molecule has 12 aliphatic carbocycles. The molecule has 2 N–H and O–H groups in total. The molecule has 0 aromatic heterocycles. The number of esters is 3. The van der Waals surface area contributed by atoms with Crippen molar-refractivity contribution >= 4 is 74.7 Å². The number of carbonyl (C=O) groups is 5. The second-order valence-corrected chi connectivity index (χ2v) is 25.0. The van der Waals surface area contributed by atoms with Crippen LogP contribution < -0.4 is 5.73 Å². The monoisotopic (exact) mass is 945 g/mol. The highest BCUT2D eigenvalue weighted by Crippen LogP contribution is 2.65. The van der Waals surface area contributed by atoms with Crippen molar-refractivity contribution in [3.8, 4) is 0 Å². The van der Waals surface area contributed by atoms with Gasteiger partial charge in [-0.15, -0.1) is 0 Å². The summed E-state index contributed by atoms with van der Waals surface area (Å²) < 4.78 is 31.4. The predicted octanol–water partition coefficient (Wildman–Crippen LogP) is 5.20. The van der Waals surface area contributed by atoms with Crippen LogP contribution >= 0.6 is 45.2 Å². The molecule has 12 saturated carbocycles. The zero-order valence-corrected chi connectivity index (χ0v) is 33.9. The van der Waals surface area contributed by atoms with Crippen LogP contribution in [0.4, 0.5) is 0 Å². The normalized spacial score (nSPS) is 50.6. The Morgan fingerprint density at radius 3 is 1.50 bits per heavy atom. The van der Waals surface area contributed by atoms with E-state index in [1.807, 2.05) is 45.2 Å². The molecule has 13 heteroatoms. The minimum Gasteiger partial charge on any atom is -0.464 e. The Bertz CT molecular complexity index is 1490. The molecule has 1 heterocycles. The summed E-state index contributed by atoms with van der Waals surface area (Å²) in [5.74, 6) is -0.0371. The van der Waals surface area contributed by atoms with Crippen molar-refractivity contribution in [2.45, 2.75) is 109 Å². The Balaban J connectivity index is 0.873. The summed E-state index contributed by atoms with van der Waals surface area (Å²) >= 11 is 3.83. The average molecular weight is 946 g/mol. The molecule has 0 radical (unpaired) electrons. The van der Waals surface area contributed by atoms with Gasteiger partial charge in [-0.2, -0.15) is 0 Å². The number of hydrogen-bond acceptors (Lipinski definition) is 11. The van der Waals surface area contributed by atoms with Gasteiger partial charge in [-0.3, -0.25) is 24.9 Å². The van der Waals surface area contributed by atoms with Crippen LogP contribution in [0.25, 0.3) is 0 Å². The number of halogens is 2. The quantitative estimate of drug-likeness (QED) is 0.112. The number of rotatable bonds is 8. The van der Waals surface area contributed by atoms with E-state index in [0.717, 1.165) is 57.8 Å². The molecule has 1 spiro atoms. The van der Waals surface area contributed by atoms with Crippen molar-refractivity contribution in [2.75, 3.05) is 26.4 Å². The first-order chi connectivity index (χ1) is 24.6. The van der Waals surface area contributed by atoms with Crippen LogP contribution in [0.3, 0.4) is 0 Å². The molecule has 13 fully saturated rings. The van der Waals surface area contributed by atoms with Crippen LogP contribution in [0.1, 0.15) is 96.3 Å². The van der Waals surface area contributed by atoms with Crippen molar-refractivity contribution in [3.63, 3.8) is 0 Å². The van der Waals surface area contributed by atoms with Gasteiger partial charge in [0, 0.05) is 35.5 Å². The Hall–Kier alpha value is -0.910. The Kier molecular flexibility index (Phi) is 8.06. The van der Waals surface area contributed by atoms with Gasteiger partial charge in [0.15, 0.2) is 5.79 Å². The van der Waals surface area contributed by atoms with Crippen LogP contribution in [0.5, 0.6) is 0 Å². The molecule has 0 aromatic carbocycles. The van der Waals surface area contributed by atoms with E-state index in [4.69, 9.17) is 29.4 Å². The first-order valence-electron chi connectivity index (χ1n) is 19.7. The summed E-state index contributed by atoms with van der Waals surface area (Å²) in [6, 6.07) is 0. The fraction of sp³-hybridized carbons (Fsp3) is 0.872. The summed E-state index contributed by atoms with van der Waals surface area (Å²) in [7, 11) is 0. The Morgan fingerprint density at radius 1 is 0.654 bits per heavy atom. The molecule has 6 atom stereocenters. The van der Waals surface area contributed by atoms with E-state index in [-0.39, 0.29) is 73.9 Å². The molecule has 1 saturated heterocycles. The third kappa shape index (κ3) is 5.39. The molecule has 0 aromatic rings. The zero-order valence-electron chi connectivity index (χ0n) is 29.5. The molecular weight excluding hydrogens is 896 g/mol. The van der Waals surface area contributed by atoms with Gasteiger partial charge >= 0.3 is 17.9 Å². The van der Waals surface area contributed by atoms with E-state index >= 15 is 0 Å². The van der Waals surface area contributed by atoms with E-state index in [1.165, 1.54) is 0 Å². The first kappa shape index (κ1) is 35.5. The molecule has 11 nitrogen and oxygen atoms in total. The predicted molar refractivity (Wildman–Crippen MR) is 198 cm³/mol. The van der Waals surface area contributed by atoms with Crippen LogP contribution in [0.15, 0.2) is 0 Å². The number of Topliss-reactive ketones (excluding diaryl/α,β-unsaturated/α-hetero) is 2. The Morgan fingerprint density at radius 2 is 1.08 bits per heavy atom. The van der Waals surface area contributed by atoms with E-state index in [1.54, 1.807) is 0 Å². The van der Waals surface area contributed by atoms with Crippen LogP contribution in [-0.4, -0.2) is 68.8 Å². The SMILES string of the molecule is NC(I)(I)C(=O)OC12CC3CC(C1)C1(OCC(COC(=O)C45CC6CC(C4)C(=O)C(C6)C5)(COC(=O)C45CC6CC(C4)C(=O)C(C6)C5)CO1)C(C3)C2. The zero-order chi connectivity index (χ0) is 36.1. The van der Waals surface area contributed by atoms with E-state index < -0.39 is 35.2 Å². The molecule has 1 aliphatic heterocycles. The maximum absolute atomic E-state index is 14.1. The van der Waals surface area contributed by atoms with Crippen molar-refractivity contribution in [3.05, 3.63) is 0 Å². The van der Waals surface area contributed by atoms with Gasteiger partial charge in [0.05, 0.1) is 29.5 Å². The molecule has 13 aliphatic rings. The molecule has 13 rings (SSSR count). The topological polar surface area (TPSA) is 158 Å². The number of alkyl halides is 2. The average Bonchev–Trinajstić information content (AvgIpc) is 3.09. The molecule has 52 heavy (non-hydrogen) atoms. The first-order valence-corrected chi connectivity index (χ1v) is 21.9. The van der Waals surface area contributed by atoms with Gasteiger partial charge in [-0.1, -0.05) is 0 Å². The van der Waals surface area contributed by atoms with Crippen molar-refractivity contribution in [1.82, 2.24) is 0 Å². The van der Waals surface area contributed by atoms with Crippen molar-refractivity contribution < 1.29 is 47.7 Å². The van der Waals surface area contributed by atoms with Crippen LogP contribution in [-0.2, 0) is 47.7 Å². The third-order valence-corrected chi connectivity index (χ3v) is 16.8. The summed E-state index contributed by atoms with van der Waals surface area (Å²) in [6.45, 7) is 0.385. The maximum Gasteiger partial charge on any atom is 0.347 e. The number of carbonyl (C=O) groups excluding carboxylic acids is 5. The van der Waals surface area contributed by atoms with Crippen molar-refractivity contribution in [2.24, 2.45) is 75.2 Å². The third-order valence-electron chi connectivity index (χ3n) is 15.9. The molecule has 12 bridgehead atoms. The second-order valence-electron chi connectivity index (χ2n) is 19.5. The lowest BCUT2D eigenvalue weighted by Gasteiger charge is -2.65. The van der Waals surface area contributed by atoms with Crippen LogP contribution in [0, 0.1) is 69.5 Å². The Labute approximate surface area is 331 Å². The number of ketones is 2. The lowest BCUT2D eigenvalue weighted by Crippen LogP contribution is -2.70. The number of nitrogens with two attached hydrogens (primary N) is 1. The van der Waals surface area contributed by atoms with Crippen molar-refractivity contribution in [1.29, 1.82) is 0 Å². The van der Waals surface area contributed by atoms with E-state index in [0.29, 0.717) is 67.8 Å². The highest BCUT2D eigenvalue weighted by atomic mass is 127. The summed E-state index contributed by atoms with van der Waals surface area (Å²) in [4.78, 5) is 66.8. The van der Waals surface area contributed by atoms with Gasteiger partial charge in [0.25, 0.3) is 0 Å². The molecule has 6 unspecified atom stereocenters. The lowest BCUT2D eigenvalue weighted by molar-refractivity contribution is -0.396. The molecular formula is C39H49I2NO10. The maximum atomic E-state index is 14.1. The second kappa shape index (κ2) is 11.8. The standard InChI is InChI=1S/C39H49I2NO10/c40-39(41,42)33(47)52-37-9-22-5-27(14-37)38(28(6-22)15-37)50-18-34(19-51-38,16-48-31(45)35-7-20-1-23(10-35)29(43)24(2-20)11-35)17-49-32(46)36-8-21-3-25(12-36)30(44)26(4-21)13-36/h20-28H,1-19,42H2. The van der Waals surface area contributed by atoms with Gasteiger partial charge in [0.2, 0.25) is 1.55 Å². The fourth-order valence-electron chi connectivity index (χ4n) is 14.3.